The van der Waals surface area contributed by atoms with E-state index in [-0.39, 0.29) is 0 Å². The van der Waals surface area contributed by atoms with Gasteiger partial charge in [0.25, 0.3) is 6.43 Å². The second-order valence-corrected chi connectivity index (χ2v) is 7.15. The fourth-order valence-corrected chi connectivity index (χ4v) is 3.77. The van der Waals surface area contributed by atoms with Crippen LogP contribution in [0, 0.1) is 35.0 Å². The number of terminal acetylenes is 1. The summed E-state index contributed by atoms with van der Waals surface area (Å²) < 4.78 is 67.9. The SMILES string of the molecule is C#CCC1(C(=O)[O-])C(C(F)(F)F)=NC(C(F)F)C(C)(C(=O)[O-])C1CC(C)C. The number of hydrogen-bond acceptors (Lipinski definition) is 5. The van der Waals surface area contributed by atoms with Gasteiger partial charge >= 0.3 is 6.18 Å². The molecular formula is C17H18F5NO4-2. The number of rotatable bonds is 6. The number of alkyl halides is 5. The first-order chi connectivity index (χ1) is 12.2. The number of aliphatic carboxylic acids is 2. The van der Waals surface area contributed by atoms with E-state index in [9.17, 15) is 41.8 Å². The molecule has 0 fully saturated rings. The highest BCUT2D eigenvalue weighted by Gasteiger charge is 2.65. The third kappa shape index (κ3) is 3.64. The van der Waals surface area contributed by atoms with E-state index in [1.807, 2.05) is 0 Å². The van der Waals surface area contributed by atoms with Crippen LogP contribution >= 0.6 is 0 Å². The van der Waals surface area contributed by atoms with Crippen molar-refractivity contribution in [2.75, 3.05) is 0 Å². The molecule has 0 amide bonds. The first-order valence-corrected chi connectivity index (χ1v) is 7.97. The van der Waals surface area contributed by atoms with Crippen molar-refractivity contribution in [2.24, 2.45) is 27.7 Å². The molecule has 0 N–H and O–H groups in total. The second kappa shape index (κ2) is 7.44. The van der Waals surface area contributed by atoms with Crippen LogP contribution in [-0.4, -0.2) is 36.3 Å². The van der Waals surface area contributed by atoms with E-state index in [2.05, 4.69) is 4.99 Å². The van der Waals surface area contributed by atoms with Crippen molar-refractivity contribution in [1.29, 1.82) is 0 Å². The maximum Gasteiger partial charge on any atom is 0.430 e. The Morgan fingerprint density at radius 2 is 1.78 bits per heavy atom. The Morgan fingerprint density at radius 1 is 1.26 bits per heavy atom. The molecule has 1 heterocycles. The molecule has 0 saturated carbocycles. The van der Waals surface area contributed by atoms with E-state index in [1.54, 1.807) is 5.92 Å². The molecule has 1 aliphatic heterocycles. The molecular weight excluding hydrogens is 377 g/mol. The molecule has 0 aromatic rings. The maximum absolute atomic E-state index is 13.6. The molecule has 5 nitrogen and oxygen atoms in total. The zero-order valence-corrected chi connectivity index (χ0v) is 14.8. The summed E-state index contributed by atoms with van der Waals surface area (Å²) in [6.45, 7) is 3.67. The standard InChI is InChI=1S/C17H20F5NO4/c1-5-6-16(14(26)27)9(7-8(2)3)15(4,13(24)25)10(11(18)19)23-12(16)17(20,21)22/h1,8-11H,6-7H2,2-4H3,(H,24,25)(H,26,27)/p-2. The summed E-state index contributed by atoms with van der Waals surface area (Å²) in [6.07, 6.45) is -5.56. The Balaban J connectivity index is 4.07. The van der Waals surface area contributed by atoms with Gasteiger partial charge in [0.2, 0.25) is 0 Å². The van der Waals surface area contributed by atoms with Crippen molar-refractivity contribution < 1.29 is 41.8 Å². The second-order valence-electron chi connectivity index (χ2n) is 7.15. The summed E-state index contributed by atoms with van der Waals surface area (Å²) in [5, 5.41) is 23.7. The van der Waals surface area contributed by atoms with Crippen molar-refractivity contribution >= 4 is 17.7 Å². The van der Waals surface area contributed by atoms with Crippen molar-refractivity contribution in [3.05, 3.63) is 0 Å². The van der Waals surface area contributed by atoms with Crippen molar-refractivity contribution in [1.82, 2.24) is 0 Å². The van der Waals surface area contributed by atoms with Crippen LogP contribution in [0.2, 0.25) is 0 Å². The molecule has 1 aliphatic rings. The fourth-order valence-electron chi connectivity index (χ4n) is 3.77. The lowest BCUT2D eigenvalue weighted by atomic mass is 9.52. The highest BCUT2D eigenvalue weighted by atomic mass is 19.4. The topological polar surface area (TPSA) is 92.6 Å². The molecule has 0 aromatic carbocycles. The predicted molar refractivity (Wildman–Crippen MR) is 80.2 cm³/mol. The maximum atomic E-state index is 13.6. The Labute approximate surface area is 152 Å². The average molecular weight is 395 g/mol. The smallest absolute Gasteiger partial charge is 0.430 e. The number of halogens is 5. The summed E-state index contributed by atoms with van der Waals surface area (Å²) in [6, 6.07) is -2.66. The molecule has 152 valence electrons. The highest BCUT2D eigenvalue weighted by Crippen LogP contribution is 2.56. The van der Waals surface area contributed by atoms with Crippen molar-refractivity contribution in [2.45, 2.75) is 52.3 Å². The minimum absolute atomic E-state index is 0.460. The van der Waals surface area contributed by atoms with Gasteiger partial charge in [0.1, 0.15) is 11.8 Å². The number of carbonyl (C=O) groups excluding carboxylic acids is 2. The van der Waals surface area contributed by atoms with Crippen LogP contribution in [0.4, 0.5) is 22.0 Å². The Bertz CT molecular complexity index is 682. The Morgan fingerprint density at radius 3 is 2.07 bits per heavy atom. The van der Waals surface area contributed by atoms with Crippen LogP contribution in [0.25, 0.3) is 0 Å². The molecule has 0 saturated heterocycles. The number of carboxylic acid groups (broad SMARTS) is 2. The van der Waals surface area contributed by atoms with Gasteiger partial charge in [-0.3, -0.25) is 4.99 Å². The van der Waals surface area contributed by atoms with Gasteiger partial charge in [0.05, 0.1) is 11.4 Å². The molecule has 4 unspecified atom stereocenters. The molecule has 4 atom stereocenters. The van der Waals surface area contributed by atoms with Gasteiger partial charge < -0.3 is 19.8 Å². The van der Waals surface area contributed by atoms with Gasteiger partial charge in [-0.05, 0) is 18.3 Å². The van der Waals surface area contributed by atoms with Crippen LogP contribution < -0.4 is 10.2 Å². The quantitative estimate of drug-likeness (QED) is 0.492. The summed E-state index contributed by atoms with van der Waals surface area (Å²) >= 11 is 0. The van der Waals surface area contributed by atoms with Gasteiger partial charge in [-0.1, -0.05) is 20.8 Å². The van der Waals surface area contributed by atoms with Crippen molar-refractivity contribution in [3.63, 3.8) is 0 Å². The number of carbonyl (C=O) groups is 2. The van der Waals surface area contributed by atoms with Crippen LogP contribution in [0.3, 0.4) is 0 Å². The average Bonchev–Trinajstić information content (AvgIpc) is 2.48. The fraction of sp³-hybridized carbons (Fsp3) is 0.706. The lowest BCUT2D eigenvalue weighted by molar-refractivity contribution is -0.334. The van der Waals surface area contributed by atoms with Crippen LogP contribution in [-0.2, 0) is 9.59 Å². The lowest BCUT2D eigenvalue weighted by Crippen LogP contribution is -2.69. The highest BCUT2D eigenvalue weighted by molar-refractivity contribution is 6.10. The largest absolute Gasteiger partial charge is 0.549 e. The van der Waals surface area contributed by atoms with Gasteiger partial charge in [-0.25, -0.2) is 8.78 Å². The monoisotopic (exact) mass is 395 g/mol. The summed E-state index contributed by atoms with van der Waals surface area (Å²) in [4.78, 5) is 26.6. The zero-order valence-electron chi connectivity index (χ0n) is 14.8. The molecule has 10 heteroatoms. The Kier molecular flexibility index (Phi) is 6.30. The number of hydrogen-bond donors (Lipinski definition) is 0. The summed E-state index contributed by atoms with van der Waals surface area (Å²) in [5.41, 5.74) is -7.87. The molecule has 0 radical (unpaired) electrons. The van der Waals surface area contributed by atoms with E-state index < -0.39 is 71.8 Å². The first-order valence-electron chi connectivity index (χ1n) is 7.97. The normalized spacial score (nSPS) is 31.5. The molecule has 27 heavy (non-hydrogen) atoms. The number of aliphatic imine (C=N–C) groups is 1. The number of carboxylic acids is 2. The van der Waals surface area contributed by atoms with Gasteiger partial charge in [0, 0.05) is 17.8 Å². The molecule has 0 spiro atoms. The summed E-state index contributed by atoms with van der Waals surface area (Å²) in [7, 11) is 0. The minimum atomic E-state index is -5.44. The summed E-state index contributed by atoms with van der Waals surface area (Å²) in [5.74, 6) is -5.19. The van der Waals surface area contributed by atoms with Crippen molar-refractivity contribution in [3.8, 4) is 12.3 Å². The van der Waals surface area contributed by atoms with Gasteiger partial charge in [0.15, 0.2) is 0 Å². The van der Waals surface area contributed by atoms with Gasteiger partial charge in [-0.15, -0.1) is 12.3 Å². The zero-order chi connectivity index (χ0) is 21.4. The van der Waals surface area contributed by atoms with Crippen LogP contribution in [0.15, 0.2) is 4.99 Å². The van der Waals surface area contributed by atoms with Gasteiger partial charge in [-0.2, -0.15) is 13.2 Å². The van der Waals surface area contributed by atoms with Crippen LogP contribution in [0.5, 0.6) is 0 Å². The molecule has 0 aliphatic carbocycles. The minimum Gasteiger partial charge on any atom is -0.549 e. The van der Waals surface area contributed by atoms with E-state index in [1.165, 1.54) is 13.8 Å². The lowest BCUT2D eigenvalue weighted by Gasteiger charge is -2.56. The molecule has 0 aromatic heterocycles. The van der Waals surface area contributed by atoms with Crippen LogP contribution in [0.1, 0.15) is 33.6 Å². The third-order valence-electron chi connectivity index (χ3n) is 5.02. The van der Waals surface area contributed by atoms with E-state index in [0.717, 1.165) is 6.92 Å². The van der Waals surface area contributed by atoms with E-state index >= 15 is 0 Å². The van der Waals surface area contributed by atoms with E-state index in [4.69, 9.17) is 6.42 Å². The molecule has 1 rings (SSSR count). The predicted octanol–water partition coefficient (Wildman–Crippen LogP) is 0.815. The third-order valence-corrected chi connectivity index (χ3v) is 5.02. The molecule has 0 bridgehead atoms. The first kappa shape index (κ1) is 22.9. The number of nitrogens with zero attached hydrogens (tertiary/aromatic N) is 1. The Hall–Kier alpha value is -2.18. The van der Waals surface area contributed by atoms with E-state index in [0.29, 0.717) is 0 Å².